The molecule has 42 heavy (non-hydrogen) atoms. The van der Waals surface area contributed by atoms with Crippen LogP contribution in [0, 0.1) is 12.5 Å². The molecule has 5 aromatic rings. The van der Waals surface area contributed by atoms with Crippen molar-refractivity contribution < 1.29 is 26.2 Å². The van der Waals surface area contributed by atoms with Crippen molar-refractivity contribution in [3.05, 3.63) is 103 Å². The number of hydrogen-bond acceptors (Lipinski definition) is 5. The Kier molecular flexibility index (Phi) is 6.16. The minimum Gasteiger partial charge on any atom is -0.386 e. The van der Waals surface area contributed by atoms with E-state index in [9.17, 15) is 0 Å². The van der Waals surface area contributed by atoms with Crippen LogP contribution in [0.15, 0.2) is 90.9 Å². The van der Waals surface area contributed by atoms with Crippen molar-refractivity contribution in [1.29, 1.82) is 0 Å². The molecule has 6 heterocycles. The molecule has 208 valence electrons. The Hall–Kier alpha value is -4.50. The van der Waals surface area contributed by atoms with Crippen LogP contribution in [-0.2, 0) is 31.2 Å². The van der Waals surface area contributed by atoms with Crippen LogP contribution in [-0.4, -0.2) is 57.2 Å². The fourth-order valence-electron chi connectivity index (χ4n) is 6.40. The first-order chi connectivity index (χ1) is 20.0. The van der Waals surface area contributed by atoms with Crippen molar-refractivity contribution in [1.82, 2.24) is 24.6 Å². The van der Waals surface area contributed by atoms with Gasteiger partial charge in [-0.2, -0.15) is 5.01 Å². The molecule has 0 N–H and O–H groups in total. The molecular formula is C32H30MnN9+2. The summed E-state index contributed by atoms with van der Waals surface area (Å²) in [6.45, 7) is 1.70. The Balaban J connectivity index is 0.00000288. The van der Waals surface area contributed by atoms with Crippen molar-refractivity contribution in [3.8, 4) is 11.1 Å². The number of hydrazine groups is 1. The maximum atomic E-state index is 4.76. The molecule has 0 aliphatic carbocycles. The van der Waals surface area contributed by atoms with Crippen LogP contribution in [0.2, 0.25) is 0 Å². The standard InChI is InChI=1S/C32H30N9.Mn/c1-35-20-24(30-32(35)36(2)21-34-30)22-10-9-11-23(18-22)39-17-16-37(3)41-29(39)19-27-31(41)38(4)25-12-5-6-13-26(25)40(27)28-14-7-8-15-33-28;/h5-15,19-21H,16-17H2,1-4H3;/q-1;+3. The summed E-state index contributed by atoms with van der Waals surface area (Å²) < 4.78 is 6.56. The molecule has 0 radical (unpaired) electrons. The van der Waals surface area contributed by atoms with Crippen LogP contribution in [0.3, 0.4) is 0 Å². The van der Waals surface area contributed by atoms with E-state index in [1.54, 1.807) is 0 Å². The van der Waals surface area contributed by atoms with Gasteiger partial charge in [0.1, 0.15) is 18.0 Å². The number of anilines is 3. The topological polar surface area (TPSA) is 51.8 Å². The number of likely N-dealkylation sites (N-methyl/N-ethyl adjacent to an activating group) is 1. The average Bonchev–Trinajstić information content (AvgIpc) is 3.68. The van der Waals surface area contributed by atoms with Gasteiger partial charge in [-0.1, -0.05) is 42.3 Å². The molecule has 9 nitrogen and oxygen atoms in total. The van der Waals surface area contributed by atoms with Crippen LogP contribution in [0.25, 0.3) is 22.3 Å². The Bertz CT molecular complexity index is 1900. The Morgan fingerprint density at radius 1 is 0.976 bits per heavy atom. The van der Waals surface area contributed by atoms with Crippen LogP contribution < -0.4 is 19.4 Å². The molecule has 2 aromatic carbocycles. The molecular weight excluding hydrogens is 565 g/mol. The third kappa shape index (κ3) is 3.73. The van der Waals surface area contributed by atoms with Gasteiger partial charge in [-0.25, -0.2) is 15.0 Å². The third-order valence-electron chi connectivity index (χ3n) is 8.28. The molecule has 0 fully saturated rings. The summed E-state index contributed by atoms with van der Waals surface area (Å²) in [4.78, 5) is 14.0. The fraction of sp³-hybridized carbons (Fsp3) is 0.188. The van der Waals surface area contributed by atoms with Crippen LogP contribution >= 0.6 is 0 Å². The quantitative estimate of drug-likeness (QED) is 0.180. The van der Waals surface area contributed by atoms with Gasteiger partial charge in [-0.15, -0.1) is 17.7 Å². The van der Waals surface area contributed by atoms with E-state index in [4.69, 9.17) is 9.97 Å². The van der Waals surface area contributed by atoms with Gasteiger partial charge in [0.2, 0.25) is 5.84 Å². The van der Waals surface area contributed by atoms with Gasteiger partial charge in [0.25, 0.3) is 0 Å². The van der Waals surface area contributed by atoms with E-state index in [-0.39, 0.29) is 17.1 Å². The van der Waals surface area contributed by atoms with E-state index in [2.05, 4.69) is 122 Å². The number of hydrogen-bond donors (Lipinski definition) is 0. The number of benzene rings is 2. The van der Waals surface area contributed by atoms with E-state index in [0.29, 0.717) is 0 Å². The van der Waals surface area contributed by atoms with Crippen molar-refractivity contribution in [2.75, 3.05) is 37.0 Å². The second-order valence-corrected chi connectivity index (χ2v) is 10.8. The summed E-state index contributed by atoms with van der Waals surface area (Å²) in [5.41, 5.74) is 8.57. The summed E-state index contributed by atoms with van der Waals surface area (Å²) in [5, 5.41) is 4.62. The largest absolute Gasteiger partial charge is 3.00 e. The van der Waals surface area contributed by atoms with Crippen molar-refractivity contribution in [2.24, 2.45) is 14.1 Å². The zero-order chi connectivity index (χ0) is 27.8. The Morgan fingerprint density at radius 2 is 1.79 bits per heavy atom. The monoisotopic (exact) mass is 595 g/mol. The summed E-state index contributed by atoms with van der Waals surface area (Å²) in [6, 6.07) is 24.7. The number of para-hydroxylation sites is 2. The predicted molar refractivity (Wildman–Crippen MR) is 158 cm³/mol. The first-order valence-corrected chi connectivity index (χ1v) is 13.8. The number of nitrogens with zero attached hydrogens (tertiary/aromatic N) is 9. The second-order valence-electron chi connectivity index (χ2n) is 10.8. The molecule has 3 aliphatic heterocycles. The van der Waals surface area contributed by atoms with E-state index in [1.165, 1.54) is 0 Å². The molecule has 3 aliphatic rings. The molecule has 3 aromatic heterocycles. The van der Waals surface area contributed by atoms with Crippen molar-refractivity contribution >= 4 is 39.9 Å². The Labute approximate surface area is 255 Å². The second kappa shape index (κ2) is 9.80. The van der Waals surface area contributed by atoms with E-state index in [0.717, 1.165) is 75.6 Å². The number of aryl methyl sites for hydroxylation is 2. The van der Waals surface area contributed by atoms with Gasteiger partial charge in [0, 0.05) is 33.0 Å². The maximum absolute atomic E-state index is 4.76. The number of fused-ring (bicyclic) bond motifs is 4. The number of rotatable bonds is 3. The molecule has 0 atom stereocenters. The summed E-state index contributed by atoms with van der Waals surface area (Å²) in [7, 11) is 8.40. The van der Waals surface area contributed by atoms with Gasteiger partial charge in [0.05, 0.1) is 35.6 Å². The molecule has 0 unspecified atom stereocenters. The van der Waals surface area contributed by atoms with Gasteiger partial charge in [-0.3, -0.25) is 4.58 Å². The van der Waals surface area contributed by atoms with Gasteiger partial charge in [0.15, 0.2) is 0 Å². The molecule has 0 amide bonds. The summed E-state index contributed by atoms with van der Waals surface area (Å²) in [5.74, 6) is 3.09. The van der Waals surface area contributed by atoms with Crippen LogP contribution in [0.1, 0.15) is 0 Å². The van der Waals surface area contributed by atoms with E-state index < -0.39 is 0 Å². The SMILES string of the molecule is CN1C2=C([CH-]C3=[N+](c4[c-]c(-c5cn(C)c6c5[n-]c[n+]6C)ccc4)CCN(C)N23)N(c2ccccn2)c2ccccc21.[Mn+3]. The number of imidazole rings is 1. The zero-order valence-corrected chi connectivity index (χ0v) is 25.1. The average molecular weight is 596 g/mol. The molecule has 0 saturated carbocycles. The van der Waals surface area contributed by atoms with Crippen LogP contribution in [0.5, 0.6) is 0 Å². The maximum Gasteiger partial charge on any atom is 3.00 e. The number of pyridine rings is 1. The van der Waals surface area contributed by atoms with E-state index >= 15 is 0 Å². The molecule has 0 saturated heterocycles. The minimum atomic E-state index is 0. The first-order valence-electron chi connectivity index (χ1n) is 13.8. The molecule has 8 rings (SSSR count). The number of aromatic nitrogens is 4. The predicted octanol–water partition coefficient (Wildman–Crippen LogP) is 3.70. The molecule has 10 heteroatoms. The van der Waals surface area contributed by atoms with Crippen LogP contribution in [0.4, 0.5) is 22.9 Å². The summed E-state index contributed by atoms with van der Waals surface area (Å²) in [6.07, 6.45) is 8.16. The summed E-state index contributed by atoms with van der Waals surface area (Å²) >= 11 is 0. The Morgan fingerprint density at radius 3 is 2.60 bits per heavy atom. The van der Waals surface area contributed by atoms with Gasteiger partial charge >= 0.3 is 17.1 Å². The minimum absolute atomic E-state index is 0. The normalized spacial score (nSPS) is 16.4. The van der Waals surface area contributed by atoms with Gasteiger partial charge in [-0.05, 0) is 43.2 Å². The number of amidine groups is 1. The smallest absolute Gasteiger partial charge is 0.386 e. The third-order valence-corrected chi connectivity index (χ3v) is 8.28. The van der Waals surface area contributed by atoms with E-state index in [1.807, 2.05) is 31.7 Å². The van der Waals surface area contributed by atoms with Crippen molar-refractivity contribution in [3.63, 3.8) is 0 Å². The first kappa shape index (κ1) is 26.4. The van der Waals surface area contributed by atoms with Gasteiger partial charge < -0.3 is 18.9 Å². The molecule has 0 spiro atoms. The fourth-order valence-corrected chi connectivity index (χ4v) is 6.40. The molecule has 0 bridgehead atoms. The van der Waals surface area contributed by atoms with Crippen molar-refractivity contribution in [2.45, 2.75) is 0 Å². The zero-order valence-electron chi connectivity index (χ0n) is 23.9.